The molecule has 0 bridgehead atoms. The molecule has 14 heavy (non-hydrogen) atoms. The smallest absolute Gasteiger partial charge is 0.269 e. The van der Waals surface area contributed by atoms with E-state index < -0.39 is 23.2 Å². The lowest BCUT2D eigenvalue weighted by Gasteiger charge is -2.06. The van der Waals surface area contributed by atoms with Crippen LogP contribution in [0, 0.1) is 5.95 Å². The Bertz CT molecular complexity index is 385. The average molecular weight is 288 g/mol. The summed E-state index contributed by atoms with van der Waals surface area (Å²) >= 11 is 7.73. The lowest BCUT2D eigenvalue weighted by atomic mass is 10.2. The number of carbonyl (C=O) groups is 1. The first kappa shape index (κ1) is 11.5. The maximum atomic E-state index is 12.8. The van der Waals surface area contributed by atoms with E-state index in [1.165, 1.54) is 0 Å². The van der Waals surface area contributed by atoms with Gasteiger partial charge in [-0.05, 0) is 27.5 Å². The van der Waals surface area contributed by atoms with E-state index in [4.69, 9.17) is 11.6 Å². The minimum Gasteiger partial charge on any atom is -0.276 e. The predicted octanol–water partition coefficient (Wildman–Crippen LogP) is 3.30. The lowest BCUT2D eigenvalue weighted by molar-refractivity contribution is 0.107. The van der Waals surface area contributed by atoms with Gasteiger partial charge in [0.25, 0.3) is 11.7 Å². The zero-order valence-electron chi connectivity index (χ0n) is 6.40. The summed E-state index contributed by atoms with van der Waals surface area (Å²) in [6.45, 7) is 0. The second-order valence-electron chi connectivity index (χ2n) is 2.26. The van der Waals surface area contributed by atoms with Gasteiger partial charge in [0.15, 0.2) is 0 Å². The Hall–Kier alpha value is -0.620. The van der Waals surface area contributed by atoms with E-state index in [9.17, 15) is 18.0 Å². The molecule has 0 aliphatic carbocycles. The highest BCUT2D eigenvalue weighted by Gasteiger charge is 2.23. The molecular formula is C7H2BrClF3NO. The maximum absolute atomic E-state index is 12.8. The maximum Gasteiger partial charge on any atom is 0.269 e. The van der Waals surface area contributed by atoms with Gasteiger partial charge >= 0.3 is 0 Å². The lowest BCUT2D eigenvalue weighted by Crippen LogP contribution is -2.02. The molecule has 0 saturated heterocycles. The highest BCUT2D eigenvalue weighted by molar-refractivity contribution is 9.10. The standard InChI is InChI=1S/C7H2BrClF3NO/c8-4-2(5(9)14)1-13-7(12)3(4)6(10)11/h1,6H. The number of hydrogen-bond donors (Lipinski definition) is 0. The highest BCUT2D eigenvalue weighted by Crippen LogP contribution is 2.31. The Morgan fingerprint density at radius 2 is 2.14 bits per heavy atom. The summed E-state index contributed by atoms with van der Waals surface area (Å²) < 4.78 is 36.9. The van der Waals surface area contributed by atoms with E-state index in [-0.39, 0.29) is 10.0 Å². The Kier molecular flexibility index (Phi) is 3.49. The molecule has 0 aliphatic heterocycles. The largest absolute Gasteiger partial charge is 0.276 e. The molecule has 0 amide bonds. The van der Waals surface area contributed by atoms with Gasteiger partial charge in [0.05, 0.1) is 11.1 Å². The molecule has 1 aromatic heterocycles. The first-order valence-electron chi connectivity index (χ1n) is 3.27. The van der Waals surface area contributed by atoms with Gasteiger partial charge in [-0.1, -0.05) is 0 Å². The van der Waals surface area contributed by atoms with Gasteiger partial charge in [-0.25, -0.2) is 13.8 Å². The van der Waals surface area contributed by atoms with Gasteiger partial charge in [-0.15, -0.1) is 0 Å². The monoisotopic (exact) mass is 287 g/mol. The van der Waals surface area contributed by atoms with Crippen LogP contribution in [0.25, 0.3) is 0 Å². The Morgan fingerprint density at radius 3 is 2.57 bits per heavy atom. The van der Waals surface area contributed by atoms with Crippen molar-refractivity contribution >= 4 is 32.8 Å². The fourth-order valence-electron chi connectivity index (χ4n) is 0.806. The summed E-state index contributed by atoms with van der Waals surface area (Å²) in [5.74, 6) is -1.33. The normalized spacial score (nSPS) is 10.7. The molecule has 0 aromatic carbocycles. The summed E-state index contributed by atoms with van der Waals surface area (Å²) in [5.41, 5.74) is -1.25. The van der Waals surface area contributed by atoms with Crippen molar-refractivity contribution in [2.45, 2.75) is 6.43 Å². The van der Waals surface area contributed by atoms with Crippen LogP contribution in [0.1, 0.15) is 22.3 Å². The van der Waals surface area contributed by atoms with Gasteiger partial charge in [0, 0.05) is 10.7 Å². The van der Waals surface area contributed by atoms with Crippen LogP contribution in [-0.4, -0.2) is 10.2 Å². The van der Waals surface area contributed by atoms with E-state index in [0.29, 0.717) is 0 Å². The number of nitrogens with zero attached hydrogens (tertiary/aromatic N) is 1. The molecule has 7 heteroatoms. The number of carbonyl (C=O) groups excluding carboxylic acids is 1. The fraction of sp³-hybridized carbons (Fsp3) is 0.143. The van der Waals surface area contributed by atoms with Crippen LogP contribution in [0.15, 0.2) is 10.7 Å². The van der Waals surface area contributed by atoms with Crippen LogP contribution >= 0.6 is 27.5 Å². The Balaban J connectivity index is 3.41. The van der Waals surface area contributed by atoms with E-state index >= 15 is 0 Å². The molecule has 0 N–H and O–H groups in total. The molecule has 0 spiro atoms. The van der Waals surface area contributed by atoms with Crippen LogP contribution in [0.3, 0.4) is 0 Å². The molecule has 1 aromatic rings. The van der Waals surface area contributed by atoms with E-state index in [1.807, 2.05) is 0 Å². The zero-order valence-corrected chi connectivity index (χ0v) is 8.74. The summed E-state index contributed by atoms with van der Waals surface area (Å²) in [6, 6.07) is 0. The number of halogens is 5. The second kappa shape index (κ2) is 4.27. The minimum atomic E-state index is -3.06. The van der Waals surface area contributed by atoms with Crippen LogP contribution < -0.4 is 0 Å². The summed E-state index contributed by atoms with van der Waals surface area (Å²) in [4.78, 5) is 13.7. The third kappa shape index (κ3) is 2.06. The molecule has 0 atom stereocenters. The van der Waals surface area contributed by atoms with Crippen molar-refractivity contribution in [2.75, 3.05) is 0 Å². The van der Waals surface area contributed by atoms with Gasteiger partial charge in [0.2, 0.25) is 5.95 Å². The minimum absolute atomic E-state index is 0.289. The number of rotatable bonds is 2. The summed E-state index contributed by atoms with van der Waals surface area (Å²) in [7, 11) is 0. The first-order chi connectivity index (χ1) is 6.45. The molecular weight excluding hydrogens is 286 g/mol. The summed E-state index contributed by atoms with van der Waals surface area (Å²) in [6.07, 6.45) is -2.27. The van der Waals surface area contributed by atoms with Gasteiger partial charge in [-0.3, -0.25) is 4.79 Å². The molecule has 0 saturated carbocycles. The third-order valence-electron chi connectivity index (χ3n) is 1.43. The van der Waals surface area contributed by atoms with Gasteiger partial charge in [0.1, 0.15) is 0 Å². The van der Waals surface area contributed by atoms with Crippen molar-refractivity contribution in [3.8, 4) is 0 Å². The number of aromatic nitrogens is 1. The van der Waals surface area contributed by atoms with E-state index in [2.05, 4.69) is 20.9 Å². The molecule has 0 aliphatic rings. The third-order valence-corrected chi connectivity index (χ3v) is 2.49. The first-order valence-corrected chi connectivity index (χ1v) is 4.44. The van der Waals surface area contributed by atoms with Crippen molar-refractivity contribution in [3.05, 3.63) is 27.7 Å². The van der Waals surface area contributed by atoms with Crippen LogP contribution in [0.4, 0.5) is 13.2 Å². The van der Waals surface area contributed by atoms with E-state index in [1.54, 1.807) is 0 Å². The van der Waals surface area contributed by atoms with Crippen LogP contribution in [0.5, 0.6) is 0 Å². The summed E-state index contributed by atoms with van der Waals surface area (Å²) in [5, 5.41) is -0.980. The molecule has 76 valence electrons. The van der Waals surface area contributed by atoms with E-state index in [0.717, 1.165) is 6.20 Å². The Morgan fingerprint density at radius 1 is 1.57 bits per heavy atom. The molecule has 1 rings (SSSR count). The van der Waals surface area contributed by atoms with Gasteiger partial charge < -0.3 is 0 Å². The van der Waals surface area contributed by atoms with Crippen molar-refractivity contribution in [1.29, 1.82) is 0 Å². The van der Waals surface area contributed by atoms with Crippen molar-refractivity contribution in [2.24, 2.45) is 0 Å². The van der Waals surface area contributed by atoms with Crippen molar-refractivity contribution in [3.63, 3.8) is 0 Å². The fourth-order valence-corrected chi connectivity index (χ4v) is 1.68. The van der Waals surface area contributed by atoms with Crippen LogP contribution in [-0.2, 0) is 0 Å². The number of hydrogen-bond acceptors (Lipinski definition) is 2. The number of alkyl halides is 2. The zero-order chi connectivity index (χ0) is 10.9. The average Bonchev–Trinajstić information content (AvgIpc) is 2.02. The van der Waals surface area contributed by atoms with Crippen molar-refractivity contribution in [1.82, 2.24) is 4.98 Å². The van der Waals surface area contributed by atoms with Crippen molar-refractivity contribution < 1.29 is 18.0 Å². The van der Waals surface area contributed by atoms with Gasteiger partial charge in [-0.2, -0.15) is 4.39 Å². The second-order valence-corrected chi connectivity index (χ2v) is 3.40. The topological polar surface area (TPSA) is 30.0 Å². The molecule has 0 radical (unpaired) electrons. The number of pyridine rings is 1. The molecule has 0 fully saturated rings. The highest BCUT2D eigenvalue weighted by atomic mass is 79.9. The van der Waals surface area contributed by atoms with Crippen LogP contribution in [0.2, 0.25) is 0 Å². The predicted molar refractivity (Wildman–Crippen MR) is 47.0 cm³/mol. The quantitative estimate of drug-likeness (QED) is 0.617. The SMILES string of the molecule is O=C(Cl)c1cnc(F)c(C(F)F)c1Br. The Labute approximate surface area is 90.2 Å². The molecule has 2 nitrogen and oxygen atoms in total. The molecule has 0 unspecified atom stereocenters. The molecule has 1 heterocycles.